The van der Waals surface area contributed by atoms with E-state index < -0.39 is 0 Å². The van der Waals surface area contributed by atoms with Crippen molar-refractivity contribution >= 4 is 0 Å². The highest BCUT2D eigenvalue weighted by Gasteiger charge is 2.28. The van der Waals surface area contributed by atoms with Gasteiger partial charge in [0.2, 0.25) is 0 Å². The Hall–Kier alpha value is -0.940. The summed E-state index contributed by atoms with van der Waals surface area (Å²) in [5, 5.41) is 11.7. The van der Waals surface area contributed by atoms with E-state index in [0.29, 0.717) is 5.41 Å². The Morgan fingerprint density at radius 2 is 2.10 bits per heavy atom. The Kier molecular flexibility index (Phi) is 5.76. The van der Waals surface area contributed by atoms with Crippen molar-refractivity contribution in [2.24, 2.45) is 5.41 Å². The Balaban J connectivity index is 1.73. The van der Waals surface area contributed by atoms with Crippen LogP contribution in [0.15, 0.2) is 6.20 Å². The zero-order valence-electron chi connectivity index (χ0n) is 14.1. The van der Waals surface area contributed by atoms with Gasteiger partial charge in [0.15, 0.2) is 0 Å². The van der Waals surface area contributed by atoms with Crippen molar-refractivity contribution in [1.29, 1.82) is 0 Å². The lowest BCUT2D eigenvalue weighted by Crippen LogP contribution is -2.38. The van der Waals surface area contributed by atoms with Crippen molar-refractivity contribution in [3.63, 3.8) is 0 Å². The Morgan fingerprint density at radius 3 is 2.76 bits per heavy atom. The fourth-order valence-electron chi connectivity index (χ4n) is 3.05. The predicted octanol–water partition coefficient (Wildman–Crippen LogP) is 2.29. The van der Waals surface area contributed by atoms with E-state index in [1.54, 1.807) is 0 Å². The molecule has 1 aliphatic rings. The summed E-state index contributed by atoms with van der Waals surface area (Å²) in [6.07, 6.45) is 7.40. The number of nitrogens with one attached hydrogen (secondary N) is 1. The van der Waals surface area contributed by atoms with Gasteiger partial charge in [0.1, 0.15) is 0 Å². The monoisotopic (exact) mass is 293 g/mol. The first-order valence-electron chi connectivity index (χ1n) is 8.30. The maximum Gasteiger partial charge on any atom is 0.0964 e. The molecule has 2 rings (SSSR count). The van der Waals surface area contributed by atoms with Crippen LogP contribution in [0, 0.1) is 5.41 Å². The number of rotatable bonds is 7. The molecule has 0 aromatic carbocycles. The normalized spacial score (nSPS) is 19.3. The van der Waals surface area contributed by atoms with E-state index in [9.17, 15) is 0 Å². The molecule has 1 heterocycles. The third-order valence-electron chi connectivity index (χ3n) is 4.76. The molecular weight excluding hydrogens is 262 g/mol. The summed E-state index contributed by atoms with van der Waals surface area (Å²) in [7, 11) is 2.25. The first kappa shape index (κ1) is 16.4. The second-order valence-corrected chi connectivity index (χ2v) is 7.13. The summed E-state index contributed by atoms with van der Waals surface area (Å²) in [6, 6.07) is 0.739. The molecule has 1 aromatic rings. The second-order valence-electron chi connectivity index (χ2n) is 7.13. The van der Waals surface area contributed by atoms with Gasteiger partial charge in [-0.25, -0.2) is 0 Å². The summed E-state index contributed by atoms with van der Waals surface area (Å²) in [6.45, 7) is 10.6. The van der Waals surface area contributed by atoms with Gasteiger partial charge in [-0.05, 0) is 44.7 Å². The number of nitrogens with zero attached hydrogens (tertiary/aromatic N) is 4. The molecule has 0 aliphatic heterocycles. The summed E-state index contributed by atoms with van der Waals surface area (Å²) in [5.74, 6) is 0. The van der Waals surface area contributed by atoms with E-state index in [1.807, 2.05) is 4.68 Å². The van der Waals surface area contributed by atoms with E-state index in [-0.39, 0.29) is 0 Å². The van der Waals surface area contributed by atoms with Crippen LogP contribution >= 0.6 is 0 Å². The highest BCUT2D eigenvalue weighted by molar-refractivity contribution is 4.91. The van der Waals surface area contributed by atoms with Crippen LogP contribution in [0.3, 0.4) is 0 Å². The van der Waals surface area contributed by atoms with Gasteiger partial charge >= 0.3 is 0 Å². The van der Waals surface area contributed by atoms with Crippen molar-refractivity contribution < 1.29 is 0 Å². The third-order valence-corrected chi connectivity index (χ3v) is 4.76. The minimum Gasteiger partial charge on any atom is -0.311 e. The molecule has 1 aromatic heterocycles. The lowest BCUT2D eigenvalue weighted by atomic mass is 9.75. The zero-order chi connectivity index (χ0) is 15.3. The van der Waals surface area contributed by atoms with Crippen LogP contribution in [0.1, 0.15) is 52.1 Å². The molecule has 1 N–H and O–H groups in total. The van der Waals surface area contributed by atoms with Crippen LogP contribution in [0.4, 0.5) is 0 Å². The molecule has 120 valence electrons. The smallest absolute Gasteiger partial charge is 0.0964 e. The van der Waals surface area contributed by atoms with Crippen LogP contribution in [-0.4, -0.2) is 46.1 Å². The lowest BCUT2D eigenvalue weighted by molar-refractivity contribution is 0.124. The summed E-state index contributed by atoms with van der Waals surface area (Å²) in [4.78, 5) is 2.50. The Morgan fingerprint density at radius 1 is 1.38 bits per heavy atom. The number of likely N-dealkylation sites (N-methyl/N-ethyl adjacent to an activating group) is 1. The van der Waals surface area contributed by atoms with Crippen LogP contribution in [0.25, 0.3) is 0 Å². The molecule has 1 fully saturated rings. The molecule has 0 unspecified atom stereocenters. The largest absolute Gasteiger partial charge is 0.311 e. The third kappa shape index (κ3) is 5.08. The fourth-order valence-corrected chi connectivity index (χ4v) is 3.05. The maximum absolute atomic E-state index is 4.21. The van der Waals surface area contributed by atoms with Gasteiger partial charge in [-0.3, -0.25) is 4.68 Å². The molecule has 0 spiro atoms. The highest BCUT2D eigenvalue weighted by atomic mass is 15.4. The average Bonchev–Trinajstić information content (AvgIpc) is 2.90. The zero-order valence-corrected chi connectivity index (χ0v) is 14.1. The second kappa shape index (κ2) is 7.36. The molecule has 1 saturated carbocycles. The predicted molar refractivity (Wildman–Crippen MR) is 86.1 cm³/mol. The van der Waals surface area contributed by atoms with E-state index in [1.165, 1.54) is 25.7 Å². The molecule has 5 heteroatoms. The van der Waals surface area contributed by atoms with Crippen LogP contribution in [0.5, 0.6) is 0 Å². The van der Waals surface area contributed by atoms with E-state index >= 15 is 0 Å². The van der Waals surface area contributed by atoms with E-state index in [4.69, 9.17) is 0 Å². The lowest BCUT2D eigenvalue weighted by Gasteiger charge is -2.38. The Labute approximate surface area is 129 Å². The van der Waals surface area contributed by atoms with Gasteiger partial charge in [-0.15, -0.1) is 5.10 Å². The molecule has 5 nitrogen and oxygen atoms in total. The standard InChI is InChI=1S/C16H31N5/c1-5-17-12-14-13-21(19-18-14)11-10-20(4)15-6-8-16(2,3)9-7-15/h13,15,17H,5-12H2,1-4H3. The van der Waals surface area contributed by atoms with Crippen LogP contribution in [0.2, 0.25) is 0 Å². The van der Waals surface area contributed by atoms with Crippen LogP contribution < -0.4 is 5.32 Å². The number of hydrogen-bond acceptors (Lipinski definition) is 4. The van der Waals surface area contributed by atoms with Gasteiger partial charge < -0.3 is 10.2 Å². The average molecular weight is 293 g/mol. The first-order valence-corrected chi connectivity index (χ1v) is 8.30. The Bertz CT molecular complexity index is 416. The van der Waals surface area contributed by atoms with Gasteiger partial charge in [-0.2, -0.15) is 0 Å². The minimum atomic E-state index is 0.546. The molecular formula is C16H31N5. The van der Waals surface area contributed by atoms with Crippen molar-refractivity contribution in [2.75, 3.05) is 20.1 Å². The van der Waals surface area contributed by atoms with Crippen molar-refractivity contribution in [2.45, 2.75) is 65.6 Å². The van der Waals surface area contributed by atoms with E-state index in [2.05, 4.69) is 54.5 Å². The molecule has 1 aliphatic carbocycles. The SMILES string of the molecule is CCNCc1cn(CCN(C)C2CCC(C)(C)CC2)nn1. The molecule has 0 atom stereocenters. The summed E-state index contributed by atoms with van der Waals surface area (Å²) >= 11 is 0. The van der Waals surface area contributed by atoms with Gasteiger partial charge in [0, 0.05) is 25.3 Å². The van der Waals surface area contributed by atoms with Crippen molar-refractivity contribution in [3.8, 4) is 0 Å². The van der Waals surface area contributed by atoms with E-state index in [0.717, 1.165) is 37.9 Å². The molecule has 0 radical (unpaired) electrons. The number of hydrogen-bond donors (Lipinski definition) is 1. The maximum atomic E-state index is 4.21. The molecule has 21 heavy (non-hydrogen) atoms. The highest BCUT2D eigenvalue weighted by Crippen LogP contribution is 2.36. The van der Waals surface area contributed by atoms with Crippen LogP contribution in [-0.2, 0) is 13.1 Å². The molecule has 0 saturated heterocycles. The van der Waals surface area contributed by atoms with Crippen molar-refractivity contribution in [1.82, 2.24) is 25.2 Å². The van der Waals surface area contributed by atoms with Gasteiger partial charge in [0.25, 0.3) is 0 Å². The molecule has 0 amide bonds. The van der Waals surface area contributed by atoms with Gasteiger partial charge in [0.05, 0.1) is 12.2 Å². The minimum absolute atomic E-state index is 0.546. The summed E-state index contributed by atoms with van der Waals surface area (Å²) in [5.41, 5.74) is 1.57. The van der Waals surface area contributed by atoms with Crippen molar-refractivity contribution in [3.05, 3.63) is 11.9 Å². The molecule has 0 bridgehead atoms. The quantitative estimate of drug-likeness (QED) is 0.838. The summed E-state index contributed by atoms with van der Waals surface area (Å²) < 4.78 is 1.97. The van der Waals surface area contributed by atoms with Gasteiger partial charge in [-0.1, -0.05) is 26.0 Å². The first-order chi connectivity index (χ1) is 10.00. The fraction of sp³-hybridized carbons (Fsp3) is 0.875. The number of aromatic nitrogens is 3. The topological polar surface area (TPSA) is 46.0 Å².